The molecule has 20 heavy (non-hydrogen) atoms. The fourth-order valence-electron chi connectivity index (χ4n) is 1.56. The van der Waals surface area contributed by atoms with E-state index in [1.54, 1.807) is 18.2 Å². The van der Waals surface area contributed by atoms with Gasteiger partial charge in [0.15, 0.2) is 0 Å². The Kier molecular flexibility index (Phi) is 4.52. The zero-order chi connectivity index (χ0) is 14.8. The SMILES string of the molecule is O=S(=O)(Cl)c1cc(Cl)ccc1OCc1ccccc1F. The molecule has 2 rings (SSSR count). The van der Waals surface area contributed by atoms with Crippen molar-refractivity contribution in [2.24, 2.45) is 0 Å². The first-order valence-electron chi connectivity index (χ1n) is 5.48. The van der Waals surface area contributed by atoms with Crippen molar-refractivity contribution in [1.29, 1.82) is 0 Å². The molecule has 106 valence electrons. The minimum absolute atomic E-state index is 0.0210. The van der Waals surface area contributed by atoms with Gasteiger partial charge in [0.05, 0.1) is 0 Å². The van der Waals surface area contributed by atoms with Crippen LogP contribution in [-0.4, -0.2) is 8.42 Å². The van der Waals surface area contributed by atoms with Crippen molar-refractivity contribution in [2.75, 3.05) is 0 Å². The van der Waals surface area contributed by atoms with E-state index in [2.05, 4.69) is 0 Å². The second-order valence-electron chi connectivity index (χ2n) is 3.91. The molecule has 3 nitrogen and oxygen atoms in total. The van der Waals surface area contributed by atoms with E-state index in [1.807, 2.05) is 0 Å². The van der Waals surface area contributed by atoms with E-state index in [0.717, 1.165) is 0 Å². The first kappa shape index (κ1) is 15.1. The maximum atomic E-state index is 13.4. The van der Waals surface area contributed by atoms with E-state index >= 15 is 0 Å². The Hall–Kier alpha value is -1.30. The van der Waals surface area contributed by atoms with Crippen LogP contribution in [0.2, 0.25) is 5.02 Å². The molecule has 0 spiro atoms. The van der Waals surface area contributed by atoms with Crippen molar-refractivity contribution in [2.45, 2.75) is 11.5 Å². The van der Waals surface area contributed by atoms with Crippen LogP contribution >= 0.6 is 22.3 Å². The Morgan fingerprint density at radius 3 is 2.50 bits per heavy atom. The quantitative estimate of drug-likeness (QED) is 0.794. The largest absolute Gasteiger partial charge is 0.487 e. The van der Waals surface area contributed by atoms with Gasteiger partial charge in [-0.15, -0.1) is 0 Å². The lowest BCUT2D eigenvalue weighted by atomic mass is 10.2. The summed E-state index contributed by atoms with van der Waals surface area (Å²) < 4.78 is 41.6. The number of hydrogen-bond donors (Lipinski definition) is 0. The van der Waals surface area contributed by atoms with Gasteiger partial charge in [-0.05, 0) is 24.3 Å². The molecule has 0 radical (unpaired) electrons. The molecule has 7 heteroatoms. The number of hydrogen-bond acceptors (Lipinski definition) is 3. The molecule has 0 aliphatic rings. The Bertz CT molecular complexity index is 732. The average molecular weight is 335 g/mol. The van der Waals surface area contributed by atoms with Crippen LogP contribution in [-0.2, 0) is 15.7 Å². The van der Waals surface area contributed by atoms with Gasteiger partial charge in [-0.3, -0.25) is 0 Å². The van der Waals surface area contributed by atoms with Gasteiger partial charge in [-0.25, -0.2) is 12.8 Å². The second-order valence-corrected chi connectivity index (χ2v) is 6.88. The summed E-state index contributed by atoms with van der Waals surface area (Å²) in [4.78, 5) is -0.247. The fraction of sp³-hybridized carbons (Fsp3) is 0.0769. The Balaban J connectivity index is 2.29. The topological polar surface area (TPSA) is 43.4 Å². The Labute approximate surface area is 125 Å². The van der Waals surface area contributed by atoms with Gasteiger partial charge in [0.25, 0.3) is 9.05 Å². The van der Waals surface area contributed by atoms with Crippen molar-refractivity contribution < 1.29 is 17.5 Å². The van der Waals surface area contributed by atoms with E-state index in [0.29, 0.717) is 5.56 Å². The summed E-state index contributed by atoms with van der Waals surface area (Å²) in [6.45, 7) is -0.117. The zero-order valence-electron chi connectivity index (χ0n) is 10.0. The van der Waals surface area contributed by atoms with Crippen LogP contribution in [0.5, 0.6) is 5.75 Å². The highest BCUT2D eigenvalue weighted by molar-refractivity contribution is 8.13. The van der Waals surface area contributed by atoms with Crippen molar-refractivity contribution >= 4 is 31.3 Å². The standard InChI is InChI=1S/C13H9Cl2FO3S/c14-10-5-6-12(13(7-10)20(15,17)18)19-8-9-3-1-2-4-11(9)16/h1-7H,8H2. The lowest BCUT2D eigenvalue weighted by Crippen LogP contribution is -2.02. The molecule has 0 saturated carbocycles. The summed E-state index contributed by atoms with van der Waals surface area (Å²) in [7, 11) is 1.31. The minimum Gasteiger partial charge on any atom is -0.487 e. The summed E-state index contributed by atoms with van der Waals surface area (Å²) in [6.07, 6.45) is 0. The van der Waals surface area contributed by atoms with Crippen LogP contribution in [0.25, 0.3) is 0 Å². The summed E-state index contributed by atoms with van der Waals surface area (Å²) in [6, 6.07) is 10.1. The fourth-order valence-corrected chi connectivity index (χ4v) is 2.80. The molecule has 2 aromatic rings. The first-order chi connectivity index (χ1) is 9.38. The van der Waals surface area contributed by atoms with E-state index in [9.17, 15) is 12.8 Å². The molecule has 0 atom stereocenters. The van der Waals surface area contributed by atoms with Crippen LogP contribution in [0.3, 0.4) is 0 Å². The molecule has 0 heterocycles. The van der Waals surface area contributed by atoms with Gasteiger partial charge in [-0.1, -0.05) is 29.8 Å². The number of rotatable bonds is 4. The molecule has 0 N–H and O–H groups in total. The molecule has 2 aromatic carbocycles. The monoisotopic (exact) mass is 334 g/mol. The third kappa shape index (κ3) is 3.62. The maximum absolute atomic E-state index is 13.4. The second kappa shape index (κ2) is 5.99. The molecular formula is C13H9Cl2FO3S. The highest BCUT2D eigenvalue weighted by atomic mass is 35.7. The highest BCUT2D eigenvalue weighted by Crippen LogP contribution is 2.30. The number of halogens is 3. The van der Waals surface area contributed by atoms with E-state index in [4.69, 9.17) is 27.0 Å². The first-order valence-corrected chi connectivity index (χ1v) is 8.17. The van der Waals surface area contributed by atoms with Crippen LogP contribution in [0, 0.1) is 5.82 Å². The minimum atomic E-state index is -4.00. The smallest absolute Gasteiger partial charge is 0.265 e. The molecule has 0 amide bonds. The van der Waals surface area contributed by atoms with Crippen molar-refractivity contribution in [3.8, 4) is 5.75 Å². The molecule has 0 fully saturated rings. The van der Waals surface area contributed by atoms with Crippen molar-refractivity contribution in [3.05, 3.63) is 58.9 Å². The predicted molar refractivity (Wildman–Crippen MR) is 75.2 cm³/mol. The zero-order valence-corrected chi connectivity index (χ0v) is 12.3. The number of benzene rings is 2. The molecule has 0 saturated heterocycles. The van der Waals surface area contributed by atoms with Crippen LogP contribution in [0.1, 0.15) is 5.56 Å². The van der Waals surface area contributed by atoms with Crippen molar-refractivity contribution in [1.82, 2.24) is 0 Å². The summed E-state index contributed by atoms with van der Waals surface area (Å²) >= 11 is 5.73. The Morgan fingerprint density at radius 2 is 1.85 bits per heavy atom. The van der Waals surface area contributed by atoms with Gasteiger partial charge in [0.1, 0.15) is 23.1 Å². The molecule has 0 unspecified atom stereocenters. The van der Waals surface area contributed by atoms with Gasteiger partial charge < -0.3 is 4.74 Å². The average Bonchev–Trinajstić information content (AvgIpc) is 2.38. The normalized spacial score (nSPS) is 11.3. The lowest BCUT2D eigenvalue weighted by Gasteiger charge is -2.10. The Morgan fingerprint density at radius 1 is 1.15 bits per heavy atom. The molecule has 0 aliphatic heterocycles. The third-order valence-electron chi connectivity index (χ3n) is 2.51. The van der Waals surface area contributed by atoms with Crippen LogP contribution in [0.15, 0.2) is 47.4 Å². The predicted octanol–water partition coefficient (Wildman–Crippen LogP) is 3.99. The van der Waals surface area contributed by atoms with Gasteiger partial charge in [0, 0.05) is 21.3 Å². The summed E-state index contributed by atoms with van der Waals surface area (Å²) in [5.74, 6) is -0.413. The van der Waals surface area contributed by atoms with E-state index in [1.165, 1.54) is 24.3 Å². The highest BCUT2D eigenvalue weighted by Gasteiger charge is 2.18. The molecule has 0 aliphatic carbocycles. The van der Waals surface area contributed by atoms with Gasteiger partial charge in [0.2, 0.25) is 0 Å². The van der Waals surface area contributed by atoms with Gasteiger partial charge in [-0.2, -0.15) is 0 Å². The van der Waals surface area contributed by atoms with Crippen LogP contribution in [0.4, 0.5) is 4.39 Å². The van der Waals surface area contributed by atoms with Crippen LogP contribution < -0.4 is 4.74 Å². The van der Waals surface area contributed by atoms with E-state index < -0.39 is 14.9 Å². The third-order valence-corrected chi connectivity index (χ3v) is 4.09. The van der Waals surface area contributed by atoms with E-state index in [-0.39, 0.29) is 22.3 Å². The molecular weight excluding hydrogens is 326 g/mol. The van der Waals surface area contributed by atoms with Gasteiger partial charge >= 0.3 is 0 Å². The summed E-state index contributed by atoms with van der Waals surface area (Å²) in [5.41, 5.74) is 0.306. The maximum Gasteiger partial charge on any atom is 0.265 e. The summed E-state index contributed by atoms with van der Waals surface area (Å²) in [5, 5.41) is 0.211. The van der Waals surface area contributed by atoms with Crippen molar-refractivity contribution in [3.63, 3.8) is 0 Å². The lowest BCUT2D eigenvalue weighted by molar-refractivity contribution is 0.292. The molecule has 0 bridgehead atoms. The number of ether oxygens (including phenoxy) is 1. The molecule has 0 aromatic heterocycles.